The summed E-state index contributed by atoms with van der Waals surface area (Å²) < 4.78 is 5.54. The van der Waals surface area contributed by atoms with Gasteiger partial charge in [-0.3, -0.25) is 4.99 Å². The maximum Gasteiger partial charge on any atom is 0.190 e. The Hall–Kier alpha value is -0.120. The standard InChI is InChI=1S/C18H36N4O2.HI/c1-3-22-10-5-16(6-11-22)4-9-20-17(19-2)21-14-18(7-12-23)8-13-24-15-18;/h16,23H,3-15H2,1-2H3,(H2,19,20,21);1H. The van der Waals surface area contributed by atoms with E-state index in [9.17, 15) is 5.11 Å². The van der Waals surface area contributed by atoms with E-state index in [0.717, 1.165) is 51.0 Å². The fourth-order valence-electron chi connectivity index (χ4n) is 3.79. The smallest absolute Gasteiger partial charge is 0.190 e. The first kappa shape index (κ1) is 22.9. The topological polar surface area (TPSA) is 69.1 Å². The zero-order valence-electron chi connectivity index (χ0n) is 15.9. The van der Waals surface area contributed by atoms with Crippen LogP contribution in [0.1, 0.15) is 39.0 Å². The predicted octanol–water partition coefficient (Wildman–Crippen LogP) is 1.68. The summed E-state index contributed by atoms with van der Waals surface area (Å²) in [5, 5.41) is 16.2. The van der Waals surface area contributed by atoms with Gasteiger partial charge in [-0.1, -0.05) is 6.92 Å². The maximum atomic E-state index is 9.30. The lowest BCUT2D eigenvalue weighted by Gasteiger charge is -2.31. The fraction of sp³-hybridized carbons (Fsp3) is 0.944. The number of aliphatic imine (C=N–C) groups is 1. The van der Waals surface area contributed by atoms with E-state index >= 15 is 0 Å². The first-order valence-electron chi connectivity index (χ1n) is 9.57. The van der Waals surface area contributed by atoms with Gasteiger partial charge in [0.2, 0.25) is 0 Å². The molecule has 2 rings (SSSR count). The highest BCUT2D eigenvalue weighted by molar-refractivity contribution is 14.0. The number of halogens is 1. The second kappa shape index (κ2) is 12.3. The molecule has 0 amide bonds. The van der Waals surface area contributed by atoms with Crippen LogP contribution < -0.4 is 10.6 Å². The Morgan fingerprint density at radius 3 is 2.64 bits per heavy atom. The molecule has 2 fully saturated rings. The summed E-state index contributed by atoms with van der Waals surface area (Å²) in [7, 11) is 1.82. The molecule has 1 atom stereocenters. The van der Waals surface area contributed by atoms with Gasteiger partial charge in [-0.25, -0.2) is 0 Å². The third-order valence-corrected chi connectivity index (χ3v) is 5.68. The van der Waals surface area contributed by atoms with Crippen LogP contribution in [-0.2, 0) is 4.74 Å². The van der Waals surface area contributed by atoms with Crippen molar-refractivity contribution in [3.8, 4) is 0 Å². The lowest BCUT2D eigenvalue weighted by molar-refractivity contribution is 0.127. The first-order chi connectivity index (χ1) is 11.7. The van der Waals surface area contributed by atoms with Crippen LogP contribution in [0.3, 0.4) is 0 Å². The molecular formula is C18H37IN4O2. The Bertz CT molecular complexity index is 381. The second-order valence-corrected chi connectivity index (χ2v) is 7.30. The Morgan fingerprint density at radius 1 is 1.32 bits per heavy atom. The fourth-order valence-corrected chi connectivity index (χ4v) is 3.79. The Morgan fingerprint density at radius 2 is 2.08 bits per heavy atom. The van der Waals surface area contributed by atoms with Gasteiger partial charge in [-0.15, -0.1) is 24.0 Å². The third kappa shape index (κ3) is 7.56. The van der Waals surface area contributed by atoms with E-state index in [0.29, 0.717) is 0 Å². The highest BCUT2D eigenvalue weighted by Gasteiger charge is 2.34. The molecule has 1 unspecified atom stereocenters. The van der Waals surface area contributed by atoms with Crippen molar-refractivity contribution >= 4 is 29.9 Å². The average molecular weight is 468 g/mol. The summed E-state index contributed by atoms with van der Waals surface area (Å²) in [4.78, 5) is 6.87. The zero-order valence-corrected chi connectivity index (χ0v) is 18.3. The van der Waals surface area contributed by atoms with Gasteiger partial charge in [0.05, 0.1) is 6.61 Å². The molecule has 2 aliphatic rings. The molecule has 0 aromatic carbocycles. The van der Waals surface area contributed by atoms with Gasteiger partial charge in [0.15, 0.2) is 5.96 Å². The quantitative estimate of drug-likeness (QED) is 0.288. The Balaban J connectivity index is 0.00000312. The van der Waals surface area contributed by atoms with Gasteiger partial charge in [0.1, 0.15) is 0 Å². The van der Waals surface area contributed by atoms with Crippen molar-refractivity contribution < 1.29 is 9.84 Å². The normalized spacial score (nSPS) is 25.6. The Kier molecular flexibility index (Phi) is 11.3. The molecule has 25 heavy (non-hydrogen) atoms. The summed E-state index contributed by atoms with van der Waals surface area (Å²) in [5.41, 5.74) is 0.0549. The van der Waals surface area contributed by atoms with Crippen LogP contribution in [0.4, 0.5) is 0 Å². The number of piperidine rings is 1. The van der Waals surface area contributed by atoms with Crippen molar-refractivity contribution in [1.29, 1.82) is 0 Å². The van der Waals surface area contributed by atoms with Crippen LogP contribution in [-0.4, -0.2) is 75.6 Å². The molecule has 0 saturated carbocycles. The number of guanidine groups is 1. The number of hydrogen-bond donors (Lipinski definition) is 3. The van der Waals surface area contributed by atoms with Crippen LogP contribution in [0.2, 0.25) is 0 Å². The van der Waals surface area contributed by atoms with Gasteiger partial charge in [-0.2, -0.15) is 0 Å². The van der Waals surface area contributed by atoms with Crippen molar-refractivity contribution in [2.45, 2.75) is 39.0 Å². The molecule has 2 heterocycles. The number of hydrogen-bond acceptors (Lipinski definition) is 4. The van der Waals surface area contributed by atoms with Gasteiger partial charge in [-0.05, 0) is 57.7 Å². The molecule has 148 valence electrons. The van der Waals surface area contributed by atoms with Crippen LogP contribution in [0.5, 0.6) is 0 Å². The summed E-state index contributed by atoms with van der Waals surface area (Å²) in [5.74, 6) is 1.70. The molecule has 0 aromatic heterocycles. The number of aliphatic hydroxyl groups is 1. The van der Waals surface area contributed by atoms with E-state index in [-0.39, 0.29) is 36.0 Å². The molecule has 7 heteroatoms. The Labute approximate surface area is 170 Å². The second-order valence-electron chi connectivity index (χ2n) is 7.30. The van der Waals surface area contributed by atoms with Crippen molar-refractivity contribution in [3.05, 3.63) is 0 Å². The minimum Gasteiger partial charge on any atom is -0.396 e. The first-order valence-corrected chi connectivity index (χ1v) is 9.57. The number of aliphatic hydroxyl groups excluding tert-OH is 1. The average Bonchev–Trinajstić information content (AvgIpc) is 3.07. The molecule has 0 spiro atoms. The van der Waals surface area contributed by atoms with Crippen molar-refractivity contribution in [2.75, 3.05) is 59.6 Å². The lowest BCUT2D eigenvalue weighted by Crippen LogP contribution is -2.45. The van der Waals surface area contributed by atoms with Crippen molar-refractivity contribution in [3.63, 3.8) is 0 Å². The molecule has 3 N–H and O–H groups in total. The molecule has 2 saturated heterocycles. The highest BCUT2D eigenvalue weighted by atomic mass is 127. The molecule has 0 bridgehead atoms. The lowest BCUT2D eigenvalue weighted by atomic mass is 9.84. The molecule has 0 aromatic rings. The summed E-state index contributed by atoms with van der Waals surface area (Å²) in [6, 6.07) is 0. The maximum absolute atomic E-state index is 9.30. The van der Waals surface area contributed by atoms with Crippen LogP contribution in [0.25, 0.3) is 0 Å². The summed E-state index contributed by atoms with van der Waals surface area (Å²) in [6.07, 6.45) is 5.64. The molecule has 6 nitrogen and oxygen atoms in total. The number of rotatable bonds is 8. The van der Waals surface area contributed by atoms with E-state index in [2.05, 4.69) is 27.4 Å². The van der Waals surface area contributed by atoms with Gasteiger partial charge < -0.3 is 25.4 Å². The molecule has 2 aliphatic heterocycles. The van der Waals surface area contributed by atoms with Crippen LogP contribution in [0, 0.1) is 11.3 Å². The van der Waals surface area contributed by atoms with Crippen LogP contribution >= 0.6 is 24.0 Å². The van der Waals surface area contributed by atoms with Gasteiger partial charge in [0, 0.05) is 38.8 Å². The minimum absolute atomic E-state index is 0. The largest absolute Gasteiger partial charge is 0.396 e. The van der Waals surface area contributed by atoms with Gasteiger partial charge in [0.25, 0.3) is 0 Å². The van der Waals surface area contributed by atoms with E-state index in [1.165, 1.54) is 38.9 Å². The number of nitrogens with zero attached hydrogens (tertiary/aromatic N) is 2. The predicted molar refractivity (Wildman–Crippen MR) is 114 cm³/mol. The van der Waals surface area contributed by atoms with Crippen molar-refractivity contribution in [1.82, 2.24) is 15.5 Å². The van der Waals surface area contributed by atoms with Gasteiger partial charge >= 0.3 is 0 Å². The molecule has 0 radical (unpaired) electrons. The highest BCUT2D eigenvalue weighted by Crippen LogP contribution is 2.31. The summed E-state index contributed by atoms with van der Waals surface area (Å²) in [6.45, 7) is 9.44. The van der Waals surface area contributed by atoms with Crippen LogP contribution in [0.15, 0.2) is 4.99 Å². The minimum atomic E-state index is 0. The number of likely N-dealkylation sites (tertiary alicyclic amines) is 1. The van der Waals surface area contributed by atoms with E-state index < -0.39 is 0 Å². The third-order valence-electron chi connectivity index (χ3n) is 5.68. The zero-order chi connectivity index (χ0) is 17.3. The number of nitrogens with one attached hydrogen (secondary N) is 2. The van der Waals surface area contributed by atoms with E-state index in [1.54, 1.807) is 0 Å². The monoisotopic (exact) mass is 468 g/mol. The summed E-state index contributed by atoms with van der Waals surface area (Å²) >= 11 is 0. The van der Waals surface area contributed by atoms with E-state index in [1.807, 2.05) is 7.05 Å². The van der Waals surface area contributed by atoms with Crippen molar-refractivity contribution in [2.24, 2.45) is 16.3 Å². The van der Waals surface area contributed by atoms with E-state index in [4.69, 9.17) is 4.74 Å². The molecular weight excluding hydrogens is 431 g/mol. The number of ether oxygens (including phenoxy) is 1. The SMILES string of the molecule is CCN1CCC(CCNC(=NC)NCC2(CCO)CCOC2)CC1.I. The molecule has 0 aliphatic carbocycles.